The van der Waals surface area contributed by atoms with E-state index in [0.717, 1.165) is 12.0 Å². The van der Waals surface area contributed by atoms with Gasteiger partial charge in [0.05, 0.1) is 0 Å². The van der Waals surface area contributed by atoms with Crippen LogP contribution in [-0.4, -0.2) is 18.4 Å². The Bertz CT molecular complexity index is 919. The second kappa shape index (κ2) is 8.81. The lowest BCUT2D eigenvalue weighted by Gasteiger charge is -2.09. The third-order valence-electron chi connectivity index (χ3n) is 4.24. The van der Waals surface area contributed by atoms with Crippen LogP contribution in [-0.2, 0) is 6.42 Å². The van der Waals surface area contributed by atoms with E-state index in [2.05, 4.69) is 10.6 Å². The minimum atomic E-state index is -0.198. The van der Waals surface area contributed by atoms with Crippen LogP contribution in [0.3, 0.4) is 0 Å². The number of hydrogen-bond acceptors (Lipinski definition) is 2. The zero-order valence-electron chi connectivity index (χ0n) is 15.2. The summed E-state index contributed by atoms with van der Waals surface area (Å²) in [5.74, 6) is -0.353. The van der Waals surface area contributed by atoms with E-state index in [1.165, 1.54) is 5.56 Å². The number of aryl methyl sites for hydroxylation is 1. The highest BCUT2D eigenvalue weighted by Crippen LogP contribution is 2.13. The average molecular weight is 358 g/mol. The average Bonchev–Trinajstić information content (AvgIpc) is 2.69. The largest absolute Gasteiger partial charge is 0.352 e. The molecule has 0 aromatic heterocycles. The Morgan fingerprint density at radius 2 is 1.52 bits per heavy atom. The Morgan fingerprint density at radius 1 is 0.778 bits per heavy atom. The molecular weight excluding hydrogens is 336 g/mol. The molecule has 4 heteroatoms. The summed E-state index contributed by atoms with van der Waals surface area (Å²) >= 11 is 0. The number of nitrogens with one attached hydrogen (secondary N) is 2. The van der Waals surface area contributed by atoms with Crippen molar-refractivity contribution in [3.8, 4) is 0 Å². The van der Waals surface area contributed by atoms with Crippen molar-refractivity contribution >= 4 is 17.5 Å². The Labute approximate surface area is 159 Å². The SMILES string of the molecule is Cc1ccc(C(=O)Nc2cccc(C(=O)NCCc3ccccc3)c2)cc1. The monoisotopic (exact) mass is 358 g/mol. The minimum absolute atomic E-state index is 0.155. The van der Waals surface area contributed by atoms with Gasteiger partial charge < -0.3 is 10.6 Å². The molecule has 2 N–H and O–H groups in total. The standard InChI is InChI=1S/C23H22N2O2/c1-17-10-12-19(13-11-17)23(27)25-21-9-5-8-20(16-21)22(26)24-15-14-18-6-3-2-4-7-18/h2-13,16H,14-15H2,1H3,(H,24,26)(H,25,27). The Morgan fingerprint density at radius 3 is 2.26 bits per heavy atom. The fraction of sp³-hybridized carbons (Fsp3) is 0.130. The van der Waals surface area contributed by atoms with Gasteiger partial charge in [0.2, 0.25) is 0 Å². The number of carbonyl (C=O) groups is 2. The molecule has 0 aliphatic rings. The number of rotatable bonds is 6. The van der Waals surface area contributed by atoms with Crippen molar-refractivity contribution in [2.24, 2.45) is 0 Å². The summed E-state index contributed by atoms with van der Waals surface area (Å²) in [6.45, 7) is 2.53. The van der Waals surface area contributed by atoms with Crippen LogP contribution in [0.1, 0.15) is 31.8 Å². The van der Waals surface area contributed by atoms with Gasteiger partial charge in [-0.2, -0.15) is 0 Å². The van der Waals surface area contributed by atoms with E-state index >= 15 is 0 Å². The third kappa shape index (κ3) is 5.28. The van der Waals surface area contributed by atoms with Gasteiger partial charge in [-0.1, -0.05) is 54.1 Å². The van der Waals surface area contributed by atoms with Crippen molar-refractivity contribution in [2.75, 3.05) is 11.9 Å². The summed E-state index contributed by atoms with van der Waals surface area (Å²) in [5, 5.41) is 5.75. The Kier molecular flexibility index (Phi) is 6.00. The molecule has 0 aliphatic carbocycles. The molecule has 0 heterocycles. The summed E-state index contributed by atoms with van der Waals surface area (Å²) < 4.78 is 0. The molecular formula is C23H22N2O2. The van der Waals surface area contributed by atoms with E-state index < -0.39 is 0 Å². The highest BCUT2D eigenvalue weighted by Gasteiger charge is 2.09. The normalized spacial score (nSPS) is 10.3. The molecule has 2 amide bonds. The summed E-state index contributed by atoms with van der Waals surface area (Å²) in [6, 6.07) is 24.3. The molecule has 0 fully saturated rings. The van der Waals surface area contributed by atoms with Crippen LogP contribution in [0.15, 0.2) is 78.9 Å². The molecule has 136 valence electrons. The Hall–Kier alpha value is -3.40. The topological polar surface area (TPSA) is 58.2 Å². The third-order valence-corrected chi connectivity index (χ3v) is 4.24. The van der Waals surface area contributed by atoms with E-state index in [0.29, 0.717) is 23.4 Å². The smallest absolute Gasteiger partial charge is 0.255 e. The molecule has 0 unspecified atom stereocenters. The van der Waals surface area contributed by atoms with Crippen LogP contribution in [0, 0.1) is 6.92 Å². The molecule has 0 aliphatic heterocycles. The summed E-state index contributed by atoms with van der Waals surface area (Å²) in [5.41, 5.74) is 3.97. The maximum atomic E-state index is 12.4. The van der Waals surface area contributed by atoms with Crippen molar-refractivity contribution in [1.82, 2.24) is 5.32 Å². The van der Waals surface area contributed by atoms with Crippen LogP contribution in [0.2, 0.25) is 0 Å². The zero-order valence-corrected chi connectivity index (χ0v) is 15.2. The molecule has 0 radical (unpaired) electrons. The number of amides is 2. The highest BCUT2D eigenvalue weighted by molar-refractivity contribution is 6.05. The number of benzene rings is 3. The molecule has 0 atom stereocenters. The van der Waals surface area contributed by atoms with Crippen LogP contribution in [0.5, 0.6) is 0 Å². The molecule has 0 saturated carbocycles. The van der Waals surface area contributed by atoms with Crippen LogP contribution < -0.4 is 10.6 Å². The number of carbonyl (C=O) groups excluding carboxylic acids is 2. The van der Waals surface area contributed by atoms with Crippen LogP contribution >= 0.6 is 0 Å². The van der Waals surface area contributed by atoms with Crippen LogP contribution in [0.4, 0.5) is 5.69 Å². The van der Waals surface area contributed by atoms with E-state index in [9.17, 15) is 9.59 Å². The highest BCUT2D eigenvalue weighted by atomic mass is 16.2. The first-order chi connectivity index (χ1) is 13.1. The predicted molar refractivity (Wildman–Crippen MR) is 108 cm³/mol. The zero-order chi connectivity index (χ0) is 19.1. The lowest BCUT2D eigenvalue weighted by Crippen LogP contribution is -2.25. The van der Waals surface area contributed by atoms with Crippen LogP contribution in [0.25, 0.3) is 0 Å². The second-order valence-electron chi connectivity index (χ2n) is 6.39. The molecule has 3 aromatic carbocycles. The summed E-state index contributed by atoms with van der Waals surface area (Å²) in [6.07, 6.45) is 0.774. The summed E-state index contributed by atoms with van der Waals surface area (Å²) in [4.78, 5) is 24.7. The first kappa shape index (κ1) is 18.4. The molecule has 27 heavy (non-hydrogen) atoms. The molecule has 0 spiro atoms. The molecule has 3 aromatic rings. The Balaban J connectivity index is 1.58. The first-order valence-electron chi connectivity index (χ1n) is 8.92. The first-order valence-corrected chi connectivity index (χ1v) is 8.92. The van der Waals surface area contributed by atoms with E-state index in [1.807, 2.05) is 49.4 Å². The van der Waals surface area contributed by atoms with Crippen molar-refractivity contribution in [1.29, 1.82) is 0 Å². The lowest BCUT2D eigenvalue weighted by molar-refractivity contribution is 0.0952. The van der Waals surface area contributed by atoms with Gasteiger partial charge in [0, 0.05) is 23.4 Å². The number of hydrogen-bond donors (Lipinski definition) is 2. The molecule has 0 bridgehead atoms. The fourth-order valence-electron chi connectivity index (χ4n) is 2.71. The van der Waals surface area contributed by atoms with E-state index in [4.69, 9.17) is 0 Å². The number of anilines is 1. The molecule has 3 rings (SSSR count). The second-order valence-corrected chi connectivity index (χ2v) is 6.39. The maximum absolute atomic E-state index is 12.4. The van der Waals surface area contributed by atoms with Gasteiger partial charge in [-0.15, -0.1) is 0 Å². The molecule has 4 nitrogen and oxygen atoms in total. The fourth-order valence-corrected chi connectivity index (χ4v) is 2.71. The van der Waals surface area contributed by atoms with Gasteiger partial charge in [0.25, 0.3) is 11.8 Å². The maximum Gasteiger partial charge on any atom is 0.255 e. The van der Waals surface area contributed by atoms with Gasteiger partial charge in [-0.25, -0.2) is 0 Å². The van der Waals surface area contributed by atoms with Gasteiger partial charge in [-0.05, 0) is 49.2 Å². The van der Waals surface area contributed by atoms with Crippen molar-refractivity contribution in [3.05, 3.63) is 101 Å². The van der Waals surface area contributed by atoms with E-state index in [1.54, 1.807) is 36.4 Å². The van der Waals surface area contributed by atoms with Crippen molar-refractivity contribution < 1.29 is 9.59 Å². The molecule has 0 saturated heterocycles. The van der Waals surface area contributed by atoms with Crippen molar-refractivity contribution in [3.63, 3.8) is 0 Å². The predicted octanol–water partition coefficient (Wildman–Crippen LogP) is 4.22. The van der Waals surface area contributed by atoms with Gasteiger partial charge in [0.15, 0.2) is 0 Å². The van der Waals surface area contributed by atoms with Gasteiger partial charge >= 0.3 is 0 Å². The lowest BCUT2D eigenvalue weighted by atomic mass is 10.1. The van der Waals surface area contributed by atoms with E-state index in [-0.39, 0.29) is 11.8 Å². The summed E-state index contributed by atoms with van der Waals surface area (Å²) in [7, 11) is 0. The van der Waals surface area contributed by atoms with Crippen molar-refractivity contribution in [2.45, 2.75) is 13.3 Å². The minimum Gasteiger partial charge on any atom is -0.352 e. The quantitative estimate of drug-likeness (QED) is 0.693. The van der Waals surface area contributed by atoms with Gasteiger partial charge in [-0.3, -0.25) is 9.59 Å². The van der Waals surface area contributed by atoms with Gasteiger partial charge in [0.1, 0.15) is 0 Å².